The van der Waals surface area contributed by atoms with Crippen LogP contribution in [0.15, 0.2) is 42.6 Å². The Bertz CT molecular complexity index is 623. The minimum absolute atomic E-state index is 0. The average molecular weight is 354 g/mol. The van der Waals surface area contributed by atoms with Crippen LogP contribution in [0.25, 0.3) is 0 Å². The van der Waals surface area contributed by atoms with E-state index < -0.39 is 0 Å². The Morgan fingerprint density at radius 1 is 1.22 bits per heavy atom. The summed E-state index contributed by atoms with van der Waals surface area (Å²) in [6.07, 6.45) is 1.67. The van der Waals surface area contributed by atoms with Gasteiger partial charge in [0.1, 0.15) is 5.82 Å². The lowest BCUT2D eigenvalue weighted by Crippen LogP contribution is -2.13. The molecule has 0 aliphatic carbocycles. The number of hydrogen-bond acceptors (Lipinski definition) is 5. The molecule has 0 radical (unpaired) electrons. The predicted molar refractivity (Wildman–Crippen MR) is 97.0 cm³/mol. The van der Waals surface area contributed by atoms with Gasteiger partial charge < -0.3 is 16.2 Å². The molecule has 4 N–H and O–H groups in total. The number of carbonyl (C=O) groups excluding carboxylic acids is 1. The highest BCUT2D eigenvalue weighted by Gasteiger charge is 2.07. The summed E-state index contributed by atoms with van der Waals surface area (Å²) >= 11 is 1.63. The normalized spacial score (nSPS) is 10.0. The third-order valence-electron chi connectivity index (χ3n) is 3.02. The van der Waals surface area contributed by atoms with Gasteiger partial charge in [-0.2, -0.15) is 11.8 Å². The van der Waals surface area contributed by atoms with E-state index in [1.54, 1.807) is 30.1 Å². The van der Waals surface area contributed by atoms with E-state index in [9.17, 15) is 4.79 Å². The third-order valence-corrected chi connectivity index (χ3v) is 4.03. The van der Waals surface area contributed by atoms with Crippen LogP contribution in [0, 0.1) is 0 Å². The number of benzene rings is 1. The molecule has 1 aromatic heterocycles. The van der Waals surface area contributed by atoms with Crippen LogP contribution in [0.1, 0.15) is 21.5 Å². The van der Waals surface area contributed by atoms with Crippen molar-refractivity contribution in [2.24, 2.45) is 5.73 Å². The van der Waals surface area contributed by atoms with Crippen molar-refractivity contribution in [2.75, 3.05) is 17.7 Å². The zero-order valence-electron chi connectivity index (χ0n) is 12.6. The fourth-order valence-electron chi connectivity index (χ4n) is 1.87. The molecule has 0 aliphatic rings. The molecule has 0 atom stereocenters. The zero-order valence-corrected chi connectivity index (χ0v) is 14.2. The fraction of sp³-hybridized carbons (Fsp3) is 0.250. The summed E-state index contributed by atoms with van der Waals surface area (Å²) in [5.41, 5.74) is 8.15. The summed E-state index contributed by atoms with van der Waals surface area (Å²) in [5.74, 6) is 1.79. The van der Waals surface area contributed by atoms with Crippen molar-refractivity contribution in [3.63, 3.8) is 0 Å². The van der Waals surface area contributed by atoms with Gasteiger partial charge >= 0.3 is 0 Å². The molecule has 0 aliphatic heterocycles. The molecule has 2 rings (SSSR count). The van der Waals surface area contributed by atoms with E-state index in [2.05, 4.69) is 10.3 Å². The summed E-state index contributed by atoms with van der Waals surface area (Å²) in [7, 11) is 0. The summed E-state index contributed by atoms with van der Waals surface area (Å²) in [6.45, 7) is 0.620. The number of anilines is 1. The van der Waals surface area contributed by atoms with Crippen molar-refractivity contribution in [1.82, 2.24) is 4.98 Å². The van der Waals surface area contributed by atoms with E-state index in [0.29, 0.717) is 23.7 Å². The van der Waals surface area contributed by atoms with Crippen LogP contribution >= 0.6 is 24.2 Å². The van der Waals surface area contributed by atoms with Crippen molar-refractivity contribution < 1.29 is 9.90 Å². The Balaban J connectivity index is 0.00000264. The summed E-state index contributed by atoms with van der Waals surface area (Å²) in [4.78, 5) is 16.3. The third kappa shape index (κ3) is 6.19. The first-order chi connectivity index (χ1) is 10.7. The number of aliphatic hydroxyl groups excluding tert-OH is 1. The quantitative estimate of drug-likeness (QED) is 0.665. The molecule has 1 aromatic carbocycles. The number of hydrogen-bond donors (Lipinski definition) is 3. The van der Waals surface area contributed by atoms with Crippen LogP contribution in [0.2, 0.25) is 0 Å². The lowest BCUT2D eigenvalue weighted by molar-refractivity contribution is 0.102. The molecule has 0 bridgehead atoms. The molecule has 1 heterocycles. The number of nitrogens with one attached hydrogen (secondary N) is 1. The van der Waals surface area contributed by atoms with E-state index in [0.717, 1.165) is 16.9 Å². The fourth-order valence-corrected chi connectivity index (χ4v) is 2.56. The molecule has 7 heteroatoms. The first kappa shape index (κ1) is 19.4. The molecule has 1 amide bonds. The number of nitrogens with two attached hydrogens (primary N) is 1. The highest BCUT2D eigenvalue weighted by Crippen LogP contribution is 2.15. The van der Waals surface area contributed by atoms with Crippen LogP contribution in [-0.4, -0.2) is 28.4 Å². The predicted octanol–water partition coefficient (Wildman–Crippen LogP) is 2.44. The van der Waals surface area contributed by atoms with Crippen molar-refractivity contribution in [3.8, 4) is 0 Å². The largest absolute Gasteiger partial charge is 0.396 e. The molecule has 0 unspecified atom stereocenters. The van der Waals surface area contributed by atoms with Crippen LogP contribution in [0.5, 0.6) is 0 Å². The van der Waals surface area contributed by atoms with Crippen molar-refractivity contribution >= 4 is 35.9 Å². The Hall–Kier alpha value is -1.60. The Morgan fingerprint density at radius 3 is 2.61 bits per heavy atom. The van der Waals surface area contributed by atoms with Crippen LogP contribution in [-0.2, 0) is 12.3 Å². The number of carbonyl (C=O) groups is 1. The molecule has 0 saturated heterocycles. The van der Waals surface area contributed by atoms with Gasteiger partial charge in [-0.1, -0.05) is 12.1 Å². The van der Waals surface area contributed by atoms with E-state index in [1.165, 1.54) is 0 Å². The highest BCUT2D eigenvalue weighted by atomic mass is 35.5. The summed E-state index contributed by atoms with van der Waals surface area (Å²) in [5, 5.41) is 11.6. The van der Waals surface area contributed by atoms with Gasteiger partial charge in [-0.25, -0.2) is 4.98 Å². The average Bonchev–Trinajstić information content (AvgIpc) is 2.55. The highest BCUT2D eigenvalue weighted by molar-refractivity contribution is 7.98. The van der Waals surface area contributed by atoms with E-state index in [-0.39, 0.29) is 24.9 Å². The number of nitrogens with zero attached hydrogens (tertiary/aromatic N) is 1. The van der Waals surface area contributed by atoms with Crippen LogP contribution in [0.3, 0.4) is 0 Å². The van der Waals surface area contributed by atoms with Gasteiger partial charge in [0.05, 0.1) is 6.61 Å². The number of aliphatic hydroxyl groups is 1. The minimum Gasteiger partial charge on any atom is -0.396 e. The van der Waals surface area contributed by atoms with Gasteiger partial charge in [0.2, 0.25) is 0 Å². The molecular formula is C16H20ClN3O2S. The molecule has 124 valence electrons. The lowest BCUT2D eigenvalue weighted by atomic mass is 10.1. The van der Waals surface area contributed by atoms with Gasteiger partial charge in [0.15, 0.2) is 0 Å². The minimum atomic E-state index is -0.198. The van der Waals surface area contributed by atoms with E-state index in [4.69, 9.17) is 10.8 Å². The summed E-state index contributed by atoms with van der Waals surface area (Å²) in [6, 6.07) is 10.9. The number of rotatable bonds is 7. The first-order valence-corrected chi connectivity index (χ1v) is 8.12. The molecule has 2 aromatic rings. The number of pyridine rings is 1. The molecule has 0 saturated carbocycles. The number of amides is 1. The Morgan fingerprint density at radius 2 is 1.96 bits per heavy atom. The maximum Gasteiger partial charge on any atom is 0.256 e. The molecule has 5 nitrogen and oxygen atoms in total. The van der Waals surface area contributed by atoms with Crippen LogP contribution in [0.4, 0.5) is 5.82 Å². The number of aromatic nitrogens is 1. The van der Waals surface area contributed by atoms with Crippen molar-refractivity contribution in [1.29, 1.82) is 0 Å². The standard InChI is InChI=1S/C16H19N3O2S.ClH/c17-10-12-1-3-14(4-2-12)16(21)19-15-9-13(5-6-18-15)11-22-8-7-20;/h1-6,9,20H,7-8,10-11,17H2,(H,18,19,21);1H. The Labute approximate surface area is 146 Å². The first-order valence-electron chi connectivity index (χ1n) is 6.97. The molecule has 0 fully saturated rings. The molecule has 0 spiro atoms. The molecule has 23 heavy (non-hydrogen) atoms. The number of halogens is 1. The van der Waals surface area contributed by atoms with Crippen molar-refractivity contribution in [2.45, 2.75) is 12.3 Å². The monoisotopic (exact) mass is 353 g/mol. The van der Waals surface area contributed by atoms with E-state index >= 15 is 0 Å². The topological polar surface area (TPSA) is 88.2 Å². The molecular weight excluding hydrogens is 334 g/mol. The second-order valence-corrected chi connectivity index (χ2v) is 5.79. The van der Waals surface area contributed by atoms with E-state index in [1.807, 2.05) is 24.3 Å². The van der Waals surface area contributed by atoms with Gasteiger partial charge in [-0.15, -0.1) is 12.4 Å². The number of thioether (sulfide) groups is 1. The van der Waals surface area contributed by atoms with Crippen LogP contribution < -0.4 is 11.1 Å². The lowest BCUT2D eigenvalue weighted by Gasteiger charge is -2.07. The maximum atomic E-state index is 12.2. The maximum absolute atomic E-state index is 12.2. The van der Waals surface area contributed by atoms with Crippen molar-refractivity contribution in [3.05, 3.63) is 59.3 Å². The second kappa shape index (κ2) is 10.2. The smallest absolute Gasteiger partial charge is 0.256 e. The SMILES string of the molecule is Cl.NCc1ccc(C(=O)Nc2cc(CSCCO)ccn2)cc1. The van der Waals surface area contributed by atoms with Gasteiger partial charge in [0.25, 0.3) is 5.91 Å². The second-order valence-electron chi connectivity index (χ2n) is 4.68. The van der Waals surface area contributed by atoms with Gasteiger partial charge in [0, 0.05) is 29.8 Å². The zero-order chi connectivity index (χ0) is 15.8. The van der Waals surface area contributed by atoms with Gasteiger partial charge in [-0.3, -0.25) is 4.79 Å². The Kier molecular flexibility index (Phi) is 8.65. The van der Waals surface area contributed by atoms with Gasteiger partial charge in [-0.05, 0) is 35.4 Å². The summed E-state index contributed by atoms with van der Waals surface area (Å²) < 4.78 is 0.